The minimum absolute atomic E-state index is 0.317. The van der Waals surface area contributed by atoms with Crippen LogP contribution in [-0.4, -0.2) is 48.3 Å². The van der Waals surface area contributed by atoms with Crippen molar-refractivity contribution in [2.75, 3.05) is 26.2 Å². The van der Waals surface area contributed by atoms with Crippen LogP contribution in [0.2, 0.25) is 0 Å². The van der Waals surface area contributed by atoms with Crippen molar-refractivity contribution < 1.29 is 14.6 Å². The van der Waals surface area contributed by atoms with Gasteiger partial charge in [-0.1, -0.05) is 19.8 Å². The Morgan fingerprint density at radius 1 is 1.39 bits per heavy atom. The van der Waals surface area contributed by atoms with Gasteiger partial charge >= 0.3 is 5.97 Å². The Hall–Kier alpha value is -0.610. The Balaban J connectivity index is 1.92. The normalized spacial score (nSPS) is 26.9. The molecule has 0 aromatic rings. The minimum atomic E-state index is -0.606. The Morgan fingerprint density at radius 2 is 2.11 bits per heavy atom. The van der Waals surface area contributed by atoms with Gasteiger partial charge in [0.2, 0.25) is 0 Å². The zero-order valence-corrected chi connectivity index (χ0v) is 11.4. The third kappa shape index (κ3) is 3.04. The van der Waals surface area contributed by atoms with Crippen molar-refractivity contribution in [3.8, 4) is 0 Å². The highest BCUT2D eigenvalue weighted by molar-refractivity contribution is 5.75. The first-order valence-electron chi connectivity index (χ1n) is 7.24. The molecule has 1 unspecified atom stereocenters. The first-order chi connectivity index (χ1) is 8.66. The number of hydrogen-bond donors (Lipinski definition) is 1. The summed E-state index contributed by atoms with van der Waals surface area (Å²) in [5.41, 5.74) is -0.491. The molecule has 1 saturated carbocycles. The SMILES string of the molecule is CCN(CC1CCCO1)CC1(C(=O)O)CCCC1. The third-order valence-corrected chi connectivity index (χ3v) is 4.47. The number of carboxylic acids is 1. The molecule has 1 atom stereocenters. The Kier molecular flexibility index (Phi) is 4.62. The van der Waals surface area contributed by atoms with Gasteiger partial charge in [0.05, 0.1) is 11.5 Å². The van der Waals surface area contributed by atoms with Gasteiger partial charge in [0.1, 0.15) is 0 Å². The standard InChI is InChI=1S/C14H25NO3/c1-2-15(10-12-6-5-9-18-12)11-14(13(16)17)7-3-4-8-14/h12H,2-11H2,1H3,(H,16,17). The van der Waals surface area contributed by atoms with Crippen LogP contribution in [0, 0.1) is 5.41 Å². The molecule has 2 fully saturated rings. The molecule has 0 aromatic carbocycles. The maximum Gasteiger partial charge on any atom is 0.310 e. The molecule has 1 N–H and O–H groups in total. The van der Waals surface area contributed by atoms with E-state index in [0.717, 1.165) is 58.2 Å². The molecule has 18 heavy (non-hydrogen) atoms. The van der Waals surface area contributed by atoms with E-state index in [1.54, 1.807) is 0 Å². The van der Waals surface area contributed by atoms with Crippen LogP contribution in [0.4, 0.5) is 0 Å². The van der Waals surface area contributed by atoms with Crippen molar-refractivity contribution in [2.24, 2.45) is 5.41 Å². The van der Waals surface area contributed by atoms with Crippen molar-refractivity contribution >= 4 is 5.97 Å². The van der Waals surface area contributed by atoms with Gasteiger partial charge in [-0.05, 0) is 32.2 Å². The van der Waals surface area contributed by atoms with Crippen LogP contribution in [0.5, 0.6) is 0 Å². The molecule has 1 heterocycles. The highest BCUT2D eigenvalue weighted by atomic mass is 16.5. The van der Waals surface area contributed by atoms with Crippen LogP contribution < -0.4 is 0 Å². The summed E-state index contributed by atoms with van der Waals surface area (Å²) in [6.07, 6.45) is 6.38. The van der Waals surface area contributed by atoms with Crippen LogP contribution in [0.25, 0.3) is 0 Å². The van der Waals surface area contributed by atoms with Gasteiger partial charge in [0.25, 0.3) is 0 Å². The van der Waals surface area contributed by atoms with Gasteiger partial charge in [0, 0.05) is 19.7 Å². The maximum absolute atomic E-state index is 11.6. The molecule has 0 bridgehead atoms. The average molecular weight is 255 g/mol. The molecule has 1 aliphatic heterocycles. The number of ether oxygens (including phenoxy) is 1. The van der Waals surface area contributed by atoms with Gasteiger partial charge in [-0.3, -0.25) is 9.69 Å². The fraction of sp³-hybridized carbons (Fsp3) is 0.929. The first kappa shape index (κ1) is 13.8. The summed E-state index contributed by atoms with van der Waals surface area (Å²) in [7, 11) is 0. The summed E-state index contributed by atoms with van der Waals surface area (Å²) in [5, 5.41) is 9.51. The zero-order chi connectivity index (χ0) is 13.0. The Morgan fingerprint density at radius 3 is 2.61 bits per heavy atom. The number of aliphatic carboxylic acids is 1. The molecule has 0 radical (unpaired) electrons. The summed E-state index contributed by atoms with van der Waals surface area (Å²) in [6, 6.07) is 0. The van der Waals surface area contributed by atoms with Crippen molar-refractivity contribution in [3.63, 3.8) is 0 Å². The molecule has 4 nitrogen and oxygen atoms in total. The summed E-state index contributed by atoms with van der Waals surface area (Å²) < 4.78 is 5.65. The largest absolute Gasteiger partial charge is 0.481 e. The van der Waals surface area contributed by atoms with Crippen LogP contribution >= 0.6 is 0 Å². The number of rotatable bonds is 6. The second kappa shape index (κ2) is 6.02. The van der Waals surface area contributed by atoms with Gasteiger partial charge < -0.3 is 9.84 Å². The van der Waals surface area contributed by atoms with Crippen molar-refractivity contribution in [1.29, 1.82) is 0 Å². The van der Waals surface area contributed by atoms with E-state index in [1.165, 1.54) is 0 Å². The lowest BCUT2D eigenvalue weighted by Crippen LogP contribution is -2.44. The molecule has 0 spiro atoms. The molecular formula is C14H25NO3. The smallest absolute Gasteiger partial charge is 0.310 e. The van der Waals surface area contributed by atoms with Crippen molar-refractivity contribution in [3.05, 3.63) is 0 Å². The highest BCUT2D eigenvalue weighted by Gasteiger charge is 2.42. The summed E-state index contributed by atoms with van der Waals surface area (Å²) in [6.45, 7) is 5.48. The van der Waals surface area contributed by atoms with Crippen LogP contribution in [0.15, 0.2) is 0 Å². The molecule has 104 valence electrons. The molecule has 4 heteroatoms. The van der Waals surface area contributed by atoms with E-state index in [-0.39, 0.29) is 0 Å². The molecule has 0 amide bonds. The maximum atomic E-state index is 11.6. The van der Waals surface area contributed by atoms with Crippen LogP contribution in [0.1, 0.15) is 45.4 Å². The minimum Gasteiger partial charge on any atom is -0.481 e. The number of nitrogens with zero attached hydrogens (tertiary/aromatic N) is 1. The number of likely N-dealkylation sites (N-methyl/N-ethyl adjacent to an activating group) is 1. The lowest BCUT2D eigenvalue weighted by Gasteiger charge is -2.32. The van der Waals surface area contributed by atoms with E-state index in [9.17, 15) is 9.90 Å². The fourth-order valence-electron chi connectivity index (χ4n) is 3.30. The van der Waals surface area contributed by atoms with E-state index in [4.69, 9.17) is 4.74 Å². The molecule has 2 aliphatic rings. The van der Waals surface area contributed by atoms with E-state index >= 15 is 0 Å². The topological polar surface area (TPSA) is 49.8 Å². The molecular weight excluding hydrogens is 230 g/mol. The van der Waals surface area contributed by atoms with Crippen molar-refractivity contribution in [1.82, 2.24) is 4.90 Å². The second-order valence-electron chi connectivity index (χ2n) is 5.76. The number of hydrogen-bond acceptors (Lipinski definition) is 3. The predicted molar refractivity (Wildman–Crippen MR) is 69.6 cm³/mol. The lowest BCUT2D eigenvalue weighted by atomic mass is 9.85. The summed E-state index contributed by atoms with van der Waals surface area (Å²) in [5.74, 6) is -0.606. The summed E-state index contributed by atoms with van der Waals surface area (Å²) >= 11 is 0. The Bertz CT molecular complexity index is 281. The van der Waals surface area contributed by atoms with Gasteiger partial charge in [-0.2, -0.15) is 0 Å². The van der Waals surface area contributed by atoms with Crippen LogP contribution in [0.3, 0.4) is 0 Å². The van der Waals surface area contributed by atoms with Crippen molar-refractivity contribution in [2.45, 2.75) is 51.6 Å². The molecule has 2 rings (SSSR count). The van der Waals surface area contributed by atoms with Gasteiger partial charge in [-0.15, -0.1) is 0 Å². The number of carboxylic acid groups (broad SMARTS) is 1. The predicted octanol–water partition coefficient (Wildman–Crippen LogP) is 2.13. The van der Waals surface area contributed by atoms with E-state index in [0.29, 0.717) is 12.6 Å². The third-order valence-electron chi connectivity index (χ3n) is 4.47. The summed E-state index contributed by atoms with van der Waals surface area (Å²) in [4.78, 5) is 13.8. The number of carbonyl (C=O) groups is 1. The van der Waals surface area contributed by atoms with Gasteiger partial charge in [-0.25, -0.2) is 0 Å². The zero-order valence-electron chi connectivity index (χ0n) is 11.4. The van der Waals surface area contributed by atoms with E-state index in [2.05, 4.69) is 11.8 Å². The van der Waals surface area contributed by atoms with E-state index < -0.39 is 11.4 Å². The molecule has 1 aliphatic carbocycles. The van der Waals surface area contributed by atoms with Gasteiger partial charge in [0.15, 0.2) is 0 Å². The second-order valence-corrected chi connectivity index (χ2v) is 5.76. The highest BCUT2D eigenvalue weighted by Crippen LogP contribution is 2.39. The quantitative estimate of drug-likeness (QED) is 0.790. The monoisotopic (exact) mass is 255 g/mol. The van der Waals surface area contributed by atoms with E-state index in [1.807, 2.05) is 0 Å². The Labute approximate surface area is 109 Å². The average Bonchev–Trinajstić information content (AvgIpc) is 2.99. The fourth-order valence-corrected chi connectivity index (χ4v) is 3.30. The lowest BCUT2D eigenvalue weighted by molar-refractivity contribution is -0.150. The molecule has 0 aromatic heterocycles. The first-order valence-corrected chi connectivity index (χ1v) is 7.24. The van der Waals surface area contributed by atoms with Crippen LogP contribution in [-0.2, 0) is 9.53 Å². The molecule has 1 saturated heterocycles.